The lowest BCUT2D eigenvalue weighted by atomic mass is 9.93. The van der Waals surface area contributed by atoms with Crippen LogP contribution in [0.4, 0.5) is 17.6 Å². The molecule has 1 fully saturated rings. The molecule has 1 aliphatic rings. The third-order valence-electron chi connectivity index (χ3n) is 15.0. The van der Waals surface area contributed by atoms with E-state index in [1.807, 2.05) is 45.0 Å². The first-order valence-corrected chi connectivity index (χ1v) is 39.2. The molecule has 121 heavy (non-hydrogen) atoms. The summed E-state index contributed by atoms with van der Waals surface area (Å²) in [6, 6.07) is 36.7. The Bertz CT molecular complexity index is 5230. The van der Waals surface area contributed by atoms with Crippen LogP contribution in [0, 0.1) is 102 Å². The molecule has 0 aromatic heterocycles. The van der Waals surface area contributed by atoms with Crippen LogP contribution in [0.3, 0.4) is 0 Å². The summed E-state index contributed by atoms with van der Waals surface area (Å²) in [7, 11) is 7.36. The monoisotopic (exact) mass is 1820 g/mol. The van der Waals surface area contributed by atoms with Crippen molar-refractivity contribution in [2.24, 2.45) is 32.2 Å². The Kier molecular flexibility index (Phi) is 51.6. The van der Waals surface area contributed by atoms with Gasteiger partial charge in [-0.15, -0.1) is 9.98 Å². The van der Waals surface area contributed by atoms with Gasteiger partial charge in [0.2, 0.25) is 39.5 Å². The van der Waals surface area contributed by atoms with Gasteiger partial charge in [0.1, 0.15) is 51.8 Å². The zero-order valence-electron chi connectivity index (χ0n) is 64.3. The Morgan fingerprint density at radius 3 is 1.10 bits per heavy atom. The third kappa shape index (κ3) is 33.8. The minimum absolute atomic E-state index is 0. The van der Waals surface area contributed by atoms with Gasteiger partial charge in [0, 0.05) is 80.5 Å². The molecular weight excluding hydrogens is 1740 g/mol. The van der Waals surface area contributed by atoms with Crippen molar-refractivity contribution in [2.75, 3.05) is 33.0 Å². The maximum atomic E-state index is 14.1. The van der Waals surface area contributed by atoms with Crippen LogP contribution >= 0.6 is 79.4 Å². The highest BCUT2D eigenvalue weighted by Crippen LogP contribution is 2.43. The number of unbranched alkanes of at least 4 members (excludes halogenated alkanes) is 3. The number of aromatic hydroxyl groups is 1. The highest BCUT2D eigenvalue weighted by atomic mass is 36.0. The zero-order valence-corrected chi connectivity index (χ0v) is 69.4. The van der Waals surface area contributed by atoms with Crippen LogP contribution in [-0.4, -0.2) is 94.4 Å². The molecule has 1 heterocycles. The van der Waals surface area contributed by atoms with Crippen LogP contribution in [0.1, 0.15) is 166 Å². The maximum absolute atomic E-state index is 14.1. The molecule has 8 aromatic rings. The molecule has 8 aromatic carbocycles. The van der Waals surface area contributed by atoms with Crippen molar-refractivity contribution in [3.8, 4) is 104 Å². The van der Waals surface area contributed by atoms with Crippen molar-refractivity contribution >= 4 is 136 Å². The molecule has 27 nitrogen and oxygen atoms in total. The minimum atomic E-state index is -1.67. The van der Waals surface area contributed by atoms with Gasteiger partial charge in [0.05, 0.1) is 109 Å². The number of nitrogens with two attached hydrogens (primary N) is 3. The van der Waals surface area contributed by atoms with Gasteiger partial charge in [-0.25, -0.2) is 32.0 Å². The van der Waals surface area contributed by atoms with E-state index in [1.54, 1.807) is 12.9 Å². The van der Waals surface area contributed by atoms with Gasteiger partial charge >= 0.3 is 5.97 Å². The minimum Gasteiger partial charge on any atom is -0.507 e. The van der Waals surface area contributed by atoms with Gasteiger partial charge in [0.25, 0.3) is 17.1 Å². The van der Waals surface area contributed by atoms with Crippen LogP contribution in [0.25, 0.3) is 44.5 Å². The Hall–Kier alpha value is -12.4. The van der Waals surface area contributed by atoms with E-state index >= 15 is 0 Å². The molecule has 638 valence electrons. The molecule has 1 aliphatic heterocycles. The molecule has 39 heteroatoms. The number of halogens is 11. The van der Waals surface area contributed by atoms with Crippen molar-refractivity contribution in [2.45, 2.75) is 101 Å². The second kappa shape index (κ2) is 58.5. The SMILES string of the molecule is C.C.C1CCOC1.CCCCOc1ccc(C#N)c(-c2cccc(F)c2Cl)c1C(=O)Cl.CCCCOc1ccc(C#N)c(-c2cccc(F)c2Cl)c1C(=O)NC(N)=NC#N.CCCCOc1ccc(C#N)c(-c2cccc(F)c2Cl)c1C(=O)O.N#CN=C(N)NC(=O)c1c(O)ccc(C#N)c1-c1cccc(F)c1Cl.N=C=NC(=N)N.O=S(Cl)Cl.[2H]CC. The first-order chi connectivity index (χ1) is 57.3. The number of nitriles is 6. The van der Waals surface area contributed by atoms with E-state index in [0.29, 0.717) is 26.7 Å². The number of nitrogens with zero attached hydrogens (tertiary/aromatic N) is 9. The van der Waals surface area contributed by atoms with Gasteiger partial charge < -0.3 is 46.4 Å². The Morgan fingerprint density at radius 2 is 0.835 bits per heavy atom. The van der Waals surface area contributed by atoms with Crippen molar-refractivity contribution in [1.82, 2.24) is 10.6 Å². The molecule has 0 bridgehead atoms. The molecule has 0 radical (unpaired) electrons. The number of carboxylic acids is 1. The van der Waals surface area contributed by atoms with Gasteiger partial charge in [-0.1, -0.05) is 164 Å². The number of ether oxygens (including phenoxy) is 4. The quantitative estimate of drug-likeness (QED) is 0.00854. The Balaban J connectivity index is 0.00000149. The van der Waals surface area contributed by atoms with Gasteiger partial charge in [-0.05, 0) is 117 Å². The second-order valence-electron chi connectivity index (χ2n) is 22.7. The lowest BCUT2D eigenvalue weighted by Crippen LogP contribution is -2.37. The van der Waals surface area contributed by atoms with E-state index in [-0.39, 0.29) is 147 Å². The summed E-state index contributed by atoms with van der Waals surface area (Å²) in [4.78, 5) is 58.4. The number of hydrogen-bond donors (Lipinski definition) is 9. The number of carbonyl (C=O) groups is 4. The fraction of sp³-hybridized carbons (Fsp3) is 0.244. The normalized spacial score (nSPS) is 10.6. The third-order valence-corrected chi connectivity index (χ3v) is 16.7. The molecule has 1 saturated heterocycles. The molecule has 0 atom stereocenters. The lowest BCUT2D eigenvalue weighted by molar-refractivity contribution is 0.0692. The highest BCUT2D eigenvalue weighted by Gasteiger charge is 2.29. The lowest BCUT2D eigenvalue weighted by Gasteiger charge is -2.17. The van der Waals surface area contributed by atoms with Gasteiger partial charge in [-0.2, -0.15) is 36.6 Å². The molecule has 0 spiro atoms. The predicted octanol–water partition coefficient (Wildman–Crippen LogP) is 20.2. The molecular formula is C82H81Cl7F4N16O11S. The maximum Gasteiger partial charge on any atom is 0.340 e. The molecule has 0 unspecified atom stereocenters. The number of carbonyl (C=O) groups excluding carboxylic acids is 3. The van der Waals surface area contributed by atoms with E-state index in [0.717, 1.165) is 69.9 Å². The van der Waals surface area contributed by atoms with Gasteiger partial charge in [0.15, 0.2) is 0 Å². The van der Waals surface area contributed by atoms with E-state index in [1.165, 1.54) is 128 Å². The Morgan fingerprint density at radius 1 is 0.545 bits per heavy atom. The van der Waals surface area contributed by atoms with Crippen LogP contribution < -0.4 is 42.0 Å². The fourth-order valence-electron chi connectivity index (χ4n) is 9.92. The summed E-state index contributed by atoms with van der Waals surface area (Å²) < 4.78 is 92.6. The topological polar surface area (TPSA) is 492 Å². The van der Waals surface area contributed by atoms with E-state index < -0.39 is 73.2 Å². The van der Waals surface area contributed by atoms with E-state index in [4.69, 9.17) is 115 Å². The summed E-state index contributed by atoms with van der Waals surface area (Å²) in [5.74, 6) is -7.07. The number of amides is 2. The summed E-state index contributed by atoms with van der Waals surface area (Å²) >= 11 is 29.8. The molecule has 12 N–H and O–H groups in total. The van der Waals surface area contributed by atoms with Crippen molar-refractivity contribution < 1.29 is 71.5 Å². The number of phenolic OH excluding ortho intramolecular Hbond substituents is 1. The van der Waals surface area contributed by atoms with Crippen LogP contribution in [0.15, 0.2) is 136 Å². The number of hydrogen-bond acceptors (Lipinski definition) is 20. The summed E-state index contributed by atoms with van der Waals surface area (Å²) in [5.41, 5.74) is 16.0. The molecule has 2 amide bonds. The average molecular weight is 1820 g/mol. The molecule has 0 saturated carbocycles. The fourth-order valence-corrected chi connectivity index (χ4v) is 11.0. The van der Waals surface area contributed by atoms with Crippen molar-refractivity contribution in [1.29, 1.82) is 42.4 Å². The number of aromatic carboxylic acids is 1. The predicted molar refractivity (Wildman–Crippen MR) is 462 cm³/mol. The number of phenols is 1. The number of aliphatic imine (C=N–C) groups is 3. The summed E-state index contributed by atoms with van der Waals surface area (Å²) in [6.45, 7) is 11.3. The smallest absolute Gasteiger partial charge is 0.340 e. The van der Waals surface area contributed by atoms with Gasteiger partial charge in [-0.3, -0.25) is 30.4 Å². The number of benzene rings is 8. The van der Waals surface area contributed by atoms with Crippen molar-refractivity contribution in [3.05, 3.63) is 209 Å². The number of guanidine groups is 3. The van der Waals surface area contributed by atoms with Crippen LogP contribution in [0.5, 0.6) is 23.0 Å². The largest absolute Gasteiger partial charge is 0.507 e. The Labute approximate surface area is 734 Å². The van der Waals surface area contributed by atoms with E-state index in [9.17, 15) is 68.0 Å². The number of nitrogens with one attached hydrogen (secondary N) is 4. The number of rotatable bonds is 20. The van der Waals surface area contributed by atoms with Crippen LogP contribution in [0.2, 0.25) is 20.1 Å². The first kappa shape index (κ1) is 107. The standard InChI is InChI=1S/C20H17ClFN5O2.C18H14Cl2FNO2.C18H15ClFNO3.C16H9ClFN5O2.C4H8O.C2H4N4.C2H6.2CH4.Cl2OS/c1-2-3-9-29-15-8-7-12(10-23)16(13-5-4-6-14(22)18(13)21)17(15)19(28)27-20(25)26-11-24;1-2-3-9-24-14-8-7-11(10-22)15(16(14)18(20)23)12-5-4-6-13(21)17(12)19;1-2-3-9-24-14-8-7-11(10-21)15(16(14)18(22)23)12-5-4-6-13(20)17(12)19;17-14-9(2-1-3-10(14)18)12-8(6-19)4-5-11(24)13(12)15(25)23-16(21)22-7-20;1-2-4-5-3-1;3-1-6-2(4)5;1-2;;;1-4(2)3/h4-8H,2-3,9H2,1H3,(H3,25,26,27,28);4-8H,2-3,9H2,1H3;4-8H,2-3,9H2,1H3,(H,22,23);1-5,24H,(H3,21,22,23,25);1-4H2;3H,(H3,4,5);1-2H3;2*1H4;/i;;;;;;1D;;;. The number of carboxylic acid groups (broad SMARTS) is 1. The summed E-state index contributed by atoms with van der Waals surface area (Å²) in [5, 5.41) is 89.3. The highest BCUT2D eigenvalue weighted by molar-refractivity contribution is 8.26. The molecule has 0 aliphatic carbocycles. The first-order valence-electron chi connectivity index (χ1n) is 35.2. The zero-order chi connectivity index (χ0) is 90.1. The second-order valence-corrected chi connectivity index (χ2v) is 27.1. The van der Waals surface area contributed by atoms with Crippen molar-refractivity contribution in [3.63, 3.8) is 0 Å². The van der Waals surface area contributed by atoms with Crippen LogP contribution in [-0.2, 0) is 14.0 Å². The summed E-state index contributed by atoms with van der Waals surface area (Å²) in [6.07, 6.45) is 10.4. The van der Waals surface area contributed by atoms with E-state index in [2.05, 4.69) is 52.7 Å². The molecule has 9 rings (SSSR count). The average Bonchev–Trinajstić information content (AvgIpc) is 0.815.